The van der Waals surface area contributed by atoms with Gasteiger partial charge in [-0.1, -0.05) is 0 Å². The van der Waals surface area contributed by atoms with Crippen LogP contribution in [-0.4, -0.2) is 48.4 Å². The van der Waals surface area contributed by atoms with Crippen molar-refractivity contribution in [1.29, 1.82) is 0 Å². The van der Waals surface area contributed by atoms with Gasteiger partial charge in [-0.3, -0.25) is 4.79 Å². The molecule has 0 radical (unpaired) electrons. The first kappa shape index (κ1) is 23.3. The van der Waals surface area contributed by atoms with E-state index < -0.39 is 0 Å². The lowest BCUT2D eigenvalue weighted by atomic mass is 9.93. The summed E-state index contributed by atoms with van der Waals surface area (Å²) in [4.78, 5) is 13.9. The van der Waals surface area contributed by atoms with Crippen molar-refractivity contribution in [3.63, 3.8) is 0 Å². The maximum atomic E-state index is 13.9. The van der Waals surface area contributed by atoms with Gasteiger partial charge in [-0.05, 0) is 71.5 Å². The van der Waals surface area contributed by atoms with Gasteiger partial charge in [-0.25, -0.2) is 0 Å². The summed E-state index contributed by atoms with van der Waals surface area (Å²) in [5.74, 6) is 3.22. The van der Waals surface area contributed by atoms with E-state index in [1.54, 1.807) is 54.8 Å². The predicted molar refractivity (Wildman–Crippen MR) is 128 cm³/mol. The molecule has 0 bridgehead atoms. The van der Waals surface area contributed by atoms with E-state index in [0.717, 1.165) is 22.3 Å². The Kier molecular flexibility index (Phi) is 6.54. The van der Waals surface area contributed by atoms with Gasteiger partial charge in [-0.2, -0.15) is 0 Å². The second kappa shape index (κ2) is 9.55. The van der Waals surface area contributed by atoms with E-state index in [1.165, 1.54) is 0 Å². The smallest absolute Gasteiger partial charge is 0.193 e. The number of carbonyl (C=O) groups excluding carboxylic acids is 1. The van der Waals surface area contributed by atoms with Gasteiger partial charge in [0.05, 0.1) is 42.7 Å². The largest absolute Gasteiger partial charge is 0.493 e. The molecule has 0 fully saturated rings. The van der Waals surface area contributed by atoms with Crippen LogP contribution >= 0.6 is 0 Å². The molecule has 34 heavy (non-hydrogen) atoms. The van der Waals surface area contributed by atoms with Crippen LogP contribution in [0.5, 0.6) is 34.5 Å². The third-order valence-corrected chi connectivity index (χ3v) is 6.18. The molecule has 178 valence electrons. The fraction of sp³-hybridized carbons (Fsp3) is 0.296. The molecule has 0 saturated heterocycles. The van der Waals surface area contributed by atoms with Crippen molar-refractivity contribution in [3.8, 4) is 34.5 Å². The van der Waals surface area contributed by atoms with Crippen LogP contribution in [0.15, 0.2) is 36.4 Å². The molecule has 7 nitrogen and oxygen atoms in total. The predicted octanol–water partition coefficient (Wildman–Crippen LogP) is 4.46. The fourth-order valence-electron chi connectivity index (χ4n) is 4.41. The standard InChI is InChI=1S/C27H28O7/c1-29-21-9-15-7-17-11-23(31-3)25(33-5)13-19(17)27(28)20-14-26(34-6)24(32-4)12-18(20)8-16(15)10-22(21)30-2/h9-14H,7-8H2,1-6H3. The van der Waals surface area contributed by atoms with Crippen molar-refractivity contribution >= 4 is 5.78 Å². The molecule has 0 atom stereocenters. The molecule has 4 rings (SSSR count). The lowest BCUT2D eigenvalue weighted by Gasteiger charge is -2.16. The van der Waals surface area contributed by atoms with E-state index in [9.17, 15) is 4.79 Å². The van der Waals surface area contributed by atoms with Crippen LogP contribution < -0.4 is 28.4 Å². The highest BCUT2D eigenvalue weighted by atomic mass is 16.5. The Morgan fingerprint density at radius 3 is 1.00 bits per heavy atom. The van der Waals surface area contributed by atoms with Gasteiger partial charge in [0.1, 0.15) is 0 Å². The number of carbonyl (C=O) groups is 1. The Bertz CT molecular complexity index is 1150. The molecule has 1 aliphatic carbocycles. The van der Waals surface area contributed by atoms with Crippen molar-refractivity contribution in [2.45, 2.75) is 12.8 Å². The van der Waals surface area contributed by atoms with E-state index in [2.05, 4.69) is 0 Å². The third-order valence-electron chi connectivity index (χ3n) is 6.18. The minimum Gasteiger partial charge on any atom is -0.493 e. The van der Waals surface area contributed by atoms with Gasteiger partial charge in [0.15, 0.2) is 40.3 Å². The molecule has 0 heterocycles. The Morgan fingerprint density at radius 1 is 0.441 bits per heavy atom. The summed E-state index contributed by atoms with van der Waals surface area (Å²) < 4.78 is 33.2. The molecule has 3 aromatic carbocycles. The molecule has 0 aliphatic heterocycles. The molecule has 0 aromatic heterocycles. The highest BCUT2D eigenvalue weighted by molar-refractivity contribution is 6.12. The monoisotopic (exact) mass is 464 g/mol. The summed E-state index contributed by atoms with van der Waals surface area (Å²) in [6, 6.07) is 11.1. The molecule has 7 heteroatoms. The lowest BCUT2D eigenvalue weighted by molar-refractivity contribution is 0.103. The highest BCUT2D eigenvalue weighted by Crippen LogP contribution is 2.40. The van der Waals surface area contributed by atoms with Crippen LogP contribution in [-0.2, 0) is 12.8 Å². The molecule has 0 unspecified atom stereocenters. The molecule has 0 saturated carbocycles. The van der Waals surface area contributed by atoms with Crippen molar-refractivity contribution < 1.29 is 33.2 Å². The second-order valence-electron chi connectivity index (χ2n) is 7.89. The number of benzene rings is 3. The number of methoxy groups -OCH3 is 6. The first-order valence-electron chi connectivity index (χ1n) is 10.8. The first-order valence-corrected chi connectivity index (χ1v) is 10.8. The quantitative estimate of drug-likeness (QED) is 0.417. The molecule has 3 aromatic rings. The molecule has 0 amide bonds. The van der Waals surface area contributed by atoms with Crippen molar-refractivity contribution in [3.05, 3.63) is 69.8 Å². The van der Waals surface area contributed by atoms with Crippen LogP contribution in [0.25, 0.3) is 0 Å². The average molecular weight is 465 g/mol. The average Bonchev–Trinajstić information content (AvgIpc) is 2.91. The van der Waals surface area contributed by atoms with Gasteiger partial charge >= 0.3 is 0 Å². The molecular weight excluding hydrogens is 436 g/mol. The maximum Gasteiger partial charge on any atom is 0.193 e. The number of ketones is 1. The number of hydrogen-bond donors (Lipinski definition) is 0. The summed E-state index contributed by atoms with van der Waals surface area (Å²) in [7, 11) is 9.48. The molecular formula is C27H28O7. The summed E-state index contributed by atoms with van der Waals surface area (Å²) >= 11 is 0. The van der Waals surface area contributed by atoms with E-state index in [4.69, 9.17) is 28.4 Å². The van der Waals surface area contributed by atoms with E-state index >= 15 is 0 Å². The summed E-state index contributed by atoms with van der Waals surface area (Å²) in [5, 5.41) is 0. The first-order chi connectivity index (χ1) is 16.5. The summed E-state index contributed by atoms with van der Waals surface area (Å²) in [5.41, 5.74) is 4.74. The zero-order valence-corrected chi connectivity index (χ0v) is 20.2. The molecule has 0 N–H and O–H groups in total. The number of rotatable bonds is 6. The summed E-state index contributed by atoms with van der Waals surface area (Å²) in [6.45, 7) is 0. The van der Waals surface area contributed by atoms with Gasteiger partial charge in [0.25, 0.3) is 0 Å². The summed E-state index contributed by atoms with van der Waals surface area (Å²) in [6.07, 6.45) is 0.999. The lowest BCUT2D eigenvalue weighted by Crippen LogP contribution is -2.10. The van der Waals surface area contributed by atoms with Gasteiger partial charge in [0.2, 0.25) is 0 Å². The van der Waals surface area contributed by atoms with Gasteiger partial charge in [-0.15, -0.1) is 0 Å². The fourth-order valence-corrected chi connectivity index (χ4v) is 4.41. The van der Waals surface area contributed by atoms with Crippen LogP contribution in [0.4, 0.5) is 0 Å². The Morgan fingerprint density at radius 2 is 0.706 bits per heavy atom. The second-order valence-corrected chi connectivity index (χ2v) is 7.89. The molecule has 0 spiro atoms. The van der Waals surface area contributed by atoms with E-state index in [-0.39, 0.29) is 5.78 Å². The SMILES string of the molecule is COc1cc2c(cc1OC)Cc1cc(OC)c(OC)cc1C(=O)c1cc(OC)c(OC)cc1C2. The zero-order chi connectivity index (χ0) is 24.4. The number of ether oxygens (including phenoxy) is 6. The van der Waals surface area contributed by atoms with E-state index in [0.29, 0.717) is 58.5 Å². The van der Waals surface area contributed by atoms with E-state index in [1.807, 2.05) is 24.3 Å². The zero-order valence-electron chi connectivity index (χ0n) is 20.2. The normalized spacial score (nSPS) is 12.2. The van der Waals surface area contributed by atoms with Crippen molar-refractivity contribution in [2.24, 2.45) is 0 Å². The van der Waals surface area contributed by atoms with Crippen molar-refractivity contribution in [2.75, 3.05) is 42.7 Å². The maximum absolute atomic E-state index is 13.9. The van der Waals surface area contributed by atoms with Crippen molar-refractivity contribution in [1.82, 2.24) is 0 Å². The number of hydrogen-bond acceptors (Lipinski definition) is 7. The van der Waals surface area contributed by atoms with Crippen LogP contribution in [0, 0.1) is 0 Å². The Hall–Kier alpha value is -3.87. The Balaban J connectivity index is 2.06. The van der Waals surface area contributed by atoms with Gasteiger partial charge in [0, 0.05) is 11.1 Å². The minimum absolute atomic E-state index is 0.126. The van der Waals surface area contributed by atoms with Gasteiger partial charge < -0.3 is 28.4 Å². The van der Waals surface area contributed by atoms with Crippen LogP contribution in [0.3, 0.4) is 0 Å². The third kappa shape index (κ3) is 3.98. The number of fused-ring (bicyclic) bond motifs is 3. The van der Waals surface area contributed by atoms with Crippen LogP contribution in [0.2, 0.25) is 0 Å². The molecule has 1 aliphatic rings. The topological polar surface area (TPSA) is 72.5 Å². The Labute approximate surface area is 199 Å². The minimum atomic E-state index is -0.126. The highest BCUT2D eigenvalue weighted by Gasteiger charge is 2.26. The van der Waals surface area contributed by atoms with Crippen LogP contribution in [0.1, 0.15) is 38.2 Å².